The van der Waals surface area contributed by atoms with Crippen LogP contribution in [0.15, 0.2) is 24.3 Å². The average molecular weight is 487 g/mol. The number of hydrogen-bond acceptors (Lipinski definition) is 4. The van der Waals surface area contributed by atoms with Crippen LogP contribution >= 0.6 is 0 Å². The predicted octanol–water partition coefficient (Wildman–Crippen LogP) is 5.67. The summed E-state index contributed by atoms with van der Waals surface area (Å²) in [5.74, 6) is 2.64. The van der Waals surface area contributed by atoms with E-state index < -0.39 is 28.2 Å². The molecule has 1 N–H and O–H groups in total. The Morgan fingerprint density at radius 3 is 2.33 bits per heavy atom. The van der Waals surface area contributed by atoms with Gasteiger partial charge in [0, 0.05) is 11.5 Å². The van der Waals surface area contributed by atoms with Crippen LogP contribution in [-0.2, 0) is 4.65 Å². The number of fused-ring (bicyclic) bond motifs is 3. The van der Waals surface area contributed by atoms with E-state index in [1.54, 1.807) is 0 Å². The SMILES string of the molecule is CC1(C)[C@@H]2C[C@@H](O)[C@@](C)(O[B]C(CC3COc4ccccc43)N([Si](C)(C)C)[Si](C)(C)C)[C@H]1C2. The van der Waals surface area contributed by atoms with Crippen LogP contribution in [0.2, 0.25) is 39.3 Å². The highest BCUT2D eigenvalue weighted by atomic mass is 28.4. The fourth-order valence-electron chi connectivity index (χ4n) is 7.45. The molecule has 1 aromatic rings. The second-order valence-corrected chi connectivity index (χ2v) is 23.7. The molecule has 3 fully saturated rings. The van der Waals surface area contributed by atoms with Crippen LogP contribution in [0.25, 0.3) is 0 Å². The molecule has 1 aromatic carbocycles. The molecule has 2 unspecified atom stereocenters. The van der Waals surface area contributed by atoms with E-state index in [-0.39, 0.29) is 11.4 Å². The van der Waals surface area contributed by atoms with Crippen molar-refractivity contribution in [3.05, 3.63) is 29.8 Å². The van der Waals surface area contributed by atoms with E-state index in [4.69, 9.17) is 9.39 Å². The lowest BCUT2D eigenvalue weighted by Crippen LogP contribution is -2.69. The maximum atomic E-state index is 11.1. The van der Waals surface area contributed by atoms with Gasteiger partial charge in [-0.3, -0.25) is 0 Å². The van der Waals surface area contributed by atoms with E-state index in [9.17, 15) is 5.11 Å². The molecule has 3 aliphatic carbocycles. The Kier molecular flexibility index (Phi) is 6.57. The maximum Gasteiger partial charge on any atom is 0.310 e. The molecule has 4 aliphatic rings. The molecule has 1 aliphatic heterocycles. The minimum atomic E-state index is -1.63. The van der Waals surface area contributed by atoms with E-state index in [2.05, 4.69) is 96.0 Å². The summed E-state index contributed by atoms with van der Waals surface area (Å²) in [6.45, 7) is 22.4. The van der Waals surface area contributed by atoms with E-state index in [0.717, 1.165) is 25.2 Å². The third-order valence-electron chi connectivity index (χ3n) is 8.91. The van der Waals surface area contributed by atoms with Gasteiger partial charge in [-0.15, -0.1) is 0 Å². The molecule has 3 saturated carbocycles. The number of hydrogen-bond donors (Lipinski definition) is 1. The molecule has 6 atom stereocenters. The van der Waals surface area contributed by atoms with Crippen LogP contribution in [0.1, 0.15) is 51.5 Å². The zero-order chi connectivity index (χ0) is 24.4. The molecule has 183 valence electrons. The number of rotatable bonds is 8. The fraction of sp³-hybridized carbons (Fsp3) is 0.769. The minimum absolute atomic E-state index is 0.216. The number of para-hydroxylation sites is 1. The first-order valence-electron chi connectivity index (χ1n) is 12.9. The molecule has 5 rings (SSSR count). The third kappa shape index (κ3) is 4.53. The molecule has 33 heavy (non-hydrogen) atoms. The predicted molar refractivity (Wildman–Crippen MR) is 143 cm³/mol. The molecule has 0 spiro atoms. The van der Waals surface area contributed by atoms with Gasteiger partial charge in [0.05, 0.1) is 18.3 Å². The smallest absolute Gasteiger partial charge is 0.310 e. The molecular weight excluding hydrogens is 441 g/mol. The van der Waals surface area contributed by atoms with Crippen LogP contribution in [0, 0.1) is 17.3 Å². The van der Waals surface area contributed by atoms with Crippen molar-refractivity contribution in [2.45, 2.75) is 103 Å². The Hall–Kier alpha value is -0.601. The first-order valence-corrected chi connectivity index (χ1v) is 19.8. The molecule has 4 nitrogen and oxygen atoms in total. The molecule has 1 radical (unpaired) electrons. The van der Waals surface area contributed by atoms with Crippen molar-refractivity contribution >= 4 is 24.0 Å². The van der Waals surface area contributed by atoms with Crippen molar-refractivity contribution in [1.29, 1.82) is 0 Å². The van der Waals surface area contributed by atoms with Crippen LogP contribution in [-0.4, -0.2) is 57.5 Å². The molecule has 0 aromatic heterocycles. The van der Waals surface area contributed by atoms with Gasteiger partial charge in [0.1, 0.15) is 22.2 Å². The summed E-state index contributed by atoms with van der Waals surface area (Å²) in [4.78, 5) is 0. The maximum absolute atomic E-state index is 11.1. The standard InChI is InChI=1S/C26H45BNO3Si2/c1-25(2)19-15-22(25)26(3,23(29)16-19)31-27-24(28(32(4,5)6)33(7,8)9)14-18-17-30-21-13-11-10-12-20(18)21/h10-13,18-19,22-24,29H,14-17H2,1-9H3/t18?,19-,22-,23+,24?,26-/m0/s1. The van der Waals surface area contributed by atoms with Crippen molar-refractivity contribution in [2.75, 3.05) is 6.61 Å². The lowest BCUT2D eigenvalue weighted by Gasteiger charge is -2.66. The summed E-state index contributed by atoms with van der Waals surface area (Å²) in [6.07, 6.45) is 2.63. The summed E-state index contributed by atoms with van der Waals surface area (Å²) < 4.78 is 15.7. The second kappa shape index (κ2) is 8.51. The Balaban J connectivity index is 1.60. The zero-order valence-electron chi connectivity index (χ0n) is 22.3. The number of ether oxygens (including phenoxy) is 1. The summed E-state index contributed by atoms with van der Waals surface area (Å²) in [5, 5.41) is 11.1. The van der Waals surface area contributed by atoms with Gasteiger partial charge in [0.2, 0.25) is 0 Å². The summed E-state index contributed by atoms with van der Waals surface area (Å²) in [5.41, 5.74) is 1.06. The van der Waals surface area contributed by atoms with Gasteiger partial charge in [0.15, 0.2) is 0 Å². The second-order valence-electron chi connectivity index (χ2n) is 13.6. The zero-order valence-corrected chi connectivity index (χ0v) is 24.3. The molecule has 1 heterocycles. The highest BCUT2D eigenvalue weighted by Crippen LogP contribution is 2.63. The molecule has 2 bridgehead atoms. The Labute approximate surface area is 204 Å². The monoisotopic (exact) mass is 486 g/mol. The first kappa shape index (κ1) is 25.5. The van der Waals surface area contributed by atoms with Crippen molar-refractivity contribution in [2.24, 2.45) is 17.3 Å². The third-order valence-corrected chi connectivity index (χ3v) is 16.5. The summed E-state index contributed by atoms with van der Waals surface area (Å²) >= 11 is 0. The number of aliphatic hydroxyl groups excluding tert-OH is 1. The van der Waals surface area contributed by atoms with Crippen LogP contribution in [0.5, 0.6) is 5.75 Å². The van der Waals surface area contributed by atoms with Crippen molar-refractivity contribution in [3.63, 3.8) is 0 Å². The van der Waals surface area contributed by atoms with Gasteiger partial charge >= 0.3 is 7.48 Å². The summed E-state index contributed by atoms with van der Waals surface area (Å²) in [7, 11) is -1.12. The lowest BCUT2D eigenvalue weighted by molar-refractivity contribution is -0.234. The topological polar surface area (TPSA) is 41.9 Å². The number of nitrogens with zero attached hydrogens (tertiary/aromatic N) is 1. The molecule has 0 amide bonds. The van der Waals surface area contributed by atoms with Crippen LogP contribution in [0.4, 0.5) is 0 Å². The minimum Gasteiger partial charge on any atom is -0.493 e. The van der Waals surface area contributed by atoms with Crippen molar-refractivity contribution in [3.8, 4) is 5.75 Å². The Morgan fingerprint density at radius 1 is 1.09 bits per heavy atom. The molecule has 7 heteroatoms. The first-order chi connectivity index (χ1) is 15.2. The number of benzene rings is 1. The van der Waals surface area contributed by atoms with Gasteiger partial charge < -0.3 is 18.7 Å². The molecular formula is C26H45BNO3Si2. The van der Waals surface area contributed by atoms with Gasteiger partial charge in [0.25, 0.3) is 0 Å². The van der Waals surface area contributed by atoms with Crippen LogP contribution < -0.4 is 4.74 Å². The number of aliphatic hydroxyl groups is 1. The van der Waals surface area contributed by atoms with E-state index in [0.29, 0.717) is 17.8 Å². The van der Waals surface area contributed by atoms with Crippen LogP contribution in [0.3, 0.4) is 0 Å². The average Bonchev–Trinajstić information content (AvgIpc) is 3.09. The summed E-state index contributed by atoms with van der Waals surface area (Å²) in [6, 6.07) is 8.50. The highest BCUT2D eigenvalue weighted by molar-refractivity contribution is 6.90. The largest absolute Gasteiger partial charge is 0.493 e. The van der Waals surface area contributed by atoms with E-state index >= 15 is 0 Å². The fourth-order valence-corrected chi connectivity index (χ4v) is 17.8. The van der Waals surface area contributed by atoms with Gasteiger partial charge in [-0.1, -0.05) is 71.3 Å². The van der Waals surface area contributed by atoms with Gasteiger partial charge in [-0.2, -0.15) is 0 Å². The molecule has 0 saturated heterocycles. The Bertz CT molecular complexity index is 854. The van der Waals surface area contributed by atoms with E-state index in [1.807, 2.05) is 0 Å². The Morgan fingerprint density at radius 2 is 1.73 bits per heavy atom. The highest BCUT2D eigenvalue weighted by Gasteiger charge is 2.63. The van der Waals surface area contributed by atoms with Gasteiger partial charge in [-0.25, -0.2) is 0 Å². The van der Waals surface area contributed by atoms with Crippen molar-refractivity contribution < 1.29 is 14.5 Å². The normalized spacial score (nSPS) is 33.8. The lowest BCUT2D eigenvalue weighted by atomic mass is 9.43. The van der Waals surface area contributed by atoms with Crippen molar-refractivity contribution in [1.82, 2.24) is 4.23 Å². The van der Waals surface area contributed by atoms with E-state index in [1.165, 1.54) is 12.0 Å². The van der Waals surface area contributed by atoms with Gasteiger partial charge in [-0.05, 0) is 55.4 Å². The quantitative estimate of drug-likeness (QED) is 0.481.